The van der Waals surface area contributed by atoms with Crippen LogP contribution in [-0.4, -0.2) is 59.5 Å². The summed E-state index contributed by atoms with van der Waals surface area (Å²) in [6.07, 6.45) is 5.69. The lowest BCUT2D eigenvalue weighted by atomic mass is 10.0. The number of rotatable bonds is 10. The molecule has 0 saturated heterocycles. The molecule has 45 heavy (non-hydrogen) atoms. The van der Waals surface area contributed by atoms with Crippen LogP contribution in [0.25, 0.3) is 21.8 Å². The third-order valence-electron chi connectivity index (χ3n) is 6.64. The molecule has 0 saturated carbocycles. The first-order chi connectivity index (χ1) is 20.4. The number of nitrogens with two attached hydrogens (primary N) is 2. The minimum Gasteiger partial charge on any atom is -0.445 e. The van der Waals surface area contributed by atoms with E-state index >= 15 is 0 Å². The molecule has 0 unspecified atom stereocenters. The highest BCUT2D eigenvalue weighted by Crippen LogP contribution is 2.22. The SMILES string of the molecule is C.C.C=CCOC(=O)NC[C@@H](Cc1c[nH]c2ccc(C)cc12)NC(=O)OC(C)(C)C.Cc1ccc2[nH]cc(C[C@@H](N)CN)c2c1. The molecule has 2 atom stereocenters. The number of ether oxygens (including phenoxy) is 2. The van der Waals surface area contributed by atoms with E-state index in [9.17, 15) is 9.59 Å². The van der Waals surface area contributed by atoms with Gasteiger partial charge in [-0.05, 0) is 82.9 Å². The molecule has 0 radical (unpaired) electrons. The van der Waals surface area contributed by atoms with Gasteiger partial charge in [0, 0.05) is 53.3 Å². The predicted molar refractivity (Wildman–Crippen MR) is 187 cm³/mol. The fraction of sp³-hybridized carbons (Fsp3) is 0.429. The Hall–Kier alpha value is -4.28. The van der Waals surface area contributed by atoms with Gasteiger partial charge in [0.2, 0.25) is 0 Å². The molecule has 2 aromatic heterocycles. The minimum atomic E-state index is -0.608. The van der Waals surface area contributed by atoms with E-state index in [-0.39, 0.29) is 40.1 Å². The molecule has 248 valence electrons. The van der Waals surface area contributed by atoms with Crippen LogP contribution in [0.15, 0.2) is 61.4 Å². The molecule has 10 nitrogen and oxygen atoms in total. The molecule has 10 heteroatoms. The first-order valence-corrected chi connectivity index (χ1v) is 14.5. The van der Waals surface area contributed by atoms with Gasteiger partial charge in [0.25, 0.3) is 0 Å². The number of nitrogens with one attached hydrogen (secondary N) is 4. The van der Waals surface area contributed by atoms with E-state index < -0.39 is 17.8 Å². The van der Waals surface area contributed by atoms with E-state index in [2.05, 4.69) is 58.4 Å². The summed E-state index contributed by atoms with van der Waals surface area (Å²) in [5, 5.41) is 7.86. The monoisotopic (exact) mass is 622 g/mol. The van der Waals surface area contributed by atoms with Crippen molar-refractivity contribution in [2.75, 3.05) is 19.7 Å². The van der Waals surface area contributed by atoms with Crippen molar-refractivity contribution in [2.24, 2.45) is 11.5 Å². The zero-order chi connectivity index (χ0) is 31.6. The van der Waals surface area contributed by atoms with Gasteiger partial charge in [0.1, 0.15) is 12.2 Å². The Morgan fingerprint density at radius 1 is 0.933 bits per heavy atom. The second-order valence-electron chi connectivity index (χ2n) is 11.7. The van der Waals surface area contributed by atoms with Gasteiger partial charge in [0.15, 0.2) is 0 Å². The van der Waals surface area contributed by atoms with Gasteiger partial charge in [-0.2, -0.15) is 0 Å². The van der Waals surface area contributed by atoms with E-state index in [1.54, 1.807) is 20.8 Å². The number of benzene rings is 2. The summed E-state index contributed by atoms with van der Waals surface area (Å²) in [6, 6.07) is 12.2. The summed E-state index contributed by atoms with van der Waals surface area (Å²) in [7, 11) is 0. The van der Waals surface area contributed by atoms with Gasteiger partial charge in [-0.25, -0.2) is 9.59 Å². The van der Waals surface area contributed by atoms with E-state index in [1.807, 2.05) is 31.5 Å². The van der Waals surface area contributed by atoms with Crippen LogP contribution in [0.3, 0.4) is 0 Å². The Labute approximate surface area is 268 Å². The number of aromatic nitrogens is 2. The van der Waals surface area contributed by atoms with Crippen molar-refractivity contribution < 1.29 is 19.1 Å². The summed E-state index contributed by atoms with van der Waals surface area (Å²) in [5.41, 5.74) is 17.7. The molecule has 0 fully saturated rings. The van der Waals surface area contributed by atoms with Gasteiger partial charge in [-0.1, -0.05) is 50.8 Å². The molecule has 0 aliphatic heterocycles. The average Bonchev–Trinajstić information content (AvgIpc) is 3.52. The zero-order valence-corrected chi connectivity index (χ0v) is 25.9. The maximum Gasteiger partial charge on any atom is 0.407 e. The molecule has 2 aromatic carbocycles. The quantitative estimate of drug-likeness (QED) is 0.112. The van der Waals surface area contributed by atoms with Crippen LogP contribution >= 0.6 is 0 Å². The predicted octanol–water partition coefficient (Wildman–Crippen LogP) is 6.40. The number of alkyl carbamates (subject to hydrolysis) is 2. The summed E-state index contributed by atoms with van der Waals surface area (Å²) in [6.45, 7) is 13.9. The molecule has 0 bridgehead atoms. The highest BCUT2D eigenvalue weighted by molar-refractivity contribution is 5.84. The minimum absolute atomic E-state index is 0. The number of hydrogen-bond acceptors (Lipinski definition) is 6. The Morgan fingerprint density at radius 2 is 1.47 bits per heavy atom. The van der Waals surface area contributed by atoms with Gasteiger partial charge in [0.05, 0.1) is 6.04 Å². The van der Waals surface area contributed by atoms with E-state index in [1.165, 1.54) is 28.1 Å². The molecular formula is C35H54N6O4. The number of aryl methyl sites for hydroxylation is 2. The Balaban J connectivity index is 0.000000504. The second-order valence-corrected chi connectivity index (χ2v) is 11.7. The number of H-pyrrole nitrogens is 2. The van der Waals surface area contributed by atoms with Crippen molar-refractivity contribution in [2.45, 2.75) is 80.0 Å². The Bertz CT molecular complexity index is 1520. The standard InChI is InChI=1S/C21H29N3O4.C12H17N3.2CH4/c1-6-9-27-19(25)23-13-16(24-20(26)28-21(3,4)5)11-15-12-22-18-8-7-14(2)10-17(15)18;1-8-2-3-12-11(4-8)9(7-15-12)5-10(14)6-13;;/h6-8,10,12,16,22H,1,9,11,13H2,2-5H3,(H,23,25)(H,24,26);2-4,7,10,15H,5-6,13-14H2,1H3;2*1H4/t16-;10-;;/m11../s1. The zero-order valence-electron chi connectivity index (χ0n) is 25.9. The topological polar surface area (TPSA) is 160 Å². The van der Waals surface area contributed by atoms with Gasteiger partial charge < -0.3 is 41.5 Å². The highest BCUT2D eigenvalue weighted by Gasteiger charge is 2.21. The summed E-state index contributed by atoms with van der Waals surface area (Å²) < 4.78 is 10.3. The normalized spacial score (nSPS) is 12.1. The molecule has 4 aromatic rings. The first kappa shape index (κ1) is 38.7. The van der Waals surface area contributed by atoms with Crippen LogP contribution in [0.5, 0.6) is 0 Å². The second kappa shape index (κ2) is 17.9. The fourth-order valence-corrected chi connectivity index (χ4v) is 4.59. The van der Waals surface area contributed by atoms with E-state index in [0.717, 1.165) is 28.5 Å². The average molecular weight is 623 g/mol. The maximum absolute atomic E-state index is 12.2. The van der Waals surface area contributed by atoms with Crippen LogP contribution in [0.1, 0.15) is 57.9 Å². The van der Waals surface area contributed by atoms with Gasteiger partial charge in [-0.15, -0.1) is 0 Å². The lowest BCUT2D eigenvalue weighted by Crippen LogP contribution is -2.46. The summed E-state index contributed by atoms with van der Waals surface area (Å²) in [5.74, 6) is 0. The number of carbonyl (C=O) groups excluding carboxylic acids is 2. The Kier molecular flexibility index (Phi) is 15.4. The third-order valence-corrected chi connectivity index (χ3v) is 6.64. The van der Waals surface area contributed by atoms with E-state index in [0.29, 0.717) is 13.0 Å². The number of carbonyl (C=O) groups is 2. The molecular weight excluding hydrogens is 568 g/mol. The molecule has 0 spiro atoms. The molecule has 4 rings (SSSR count). The number of aromatic amines is 2. The molecule has 2 amide bonds. The van der Waals surface area contributed by atoms with Crippen LogP contribution in [0.2, 0.25) is 0 Å². The van der Waals surface area contributed by atoms with Crippen LogP contribution < -0.4 is 22.1 Å². The van der Waals surface area contributed by atoms with Crippen LogP contribution in [0, 0.1) is 13.8 Å². The maximum atomic E-state index is 12.2. The third kappa shape index (κ3) is 12.3. The number of fused-ring (bicyclic) bond motifs is 2. The first-order valence-electron chi connectivity index (χ1n) is 14.5. The van der Waals surface area contributed by atoms with Crippen LogP contribution in [0.4, 0.5) is 9.59 Å². The van der Waals surface area contributed by atoms with Crippen molar-refractivity contribution >= 4 is 34.0 Å². The van der Waals surface area contributed by atoms with Crippen LogP contribution in [-0.2, 0) is 22.3 Å². The van der Waals surface area contributed by atoms with Crippen molar-refractivity contribution in [1.82, 2.24) is 20.6 Å². The largest absolute Gasteiger partial charge is 0.445 e. The highest BCUT2D eigenvalue weighted by atomic mass is 16.6. The van der Waals surface area contributed by atoms with Crippen molar-refractivity contribution in [3.63, 3.8) is 0 Å². The molecule has 2 heterocycles. The summed E-state index contributed by atoms with van der Waals surface area (Å²) in [4.78, 5) is 30.5. The van der Waals surface area contributed by atoms with E-state index in [4.69, 9.17) is 20.9 Å². The summed E-state index contributed by atoms with van der Waals surface area (Å²) >= 11 is 0. The van der Waals surface area contributed by atoms with Gasteiger partial charge >= 0.3 is 12.2 Å². The molecule has 0 aliphatic rings. The Morgan fingerprint density at radius 3 is 1.96 bits per heavy atom. The lowest BCUT2D eigenvalue weighted by Gasteiger charge is -2.24. The smallest absolute Gasteiger partial charge is 0.407 e. The lowest BCUT2D eigenvalue weighted by molar-refractivity contribution is 0.0502. The van der Waals surface area contributed by atoms with Crippen molar-refractivity contribution in [1.29, 1.82) is 0 Å². The number of amides is 2. The molecule has 0 aliphatic carbocycles. The van der Waals surface area contributed by atoms with Gasteiger partial charge in [-0.3, -0.25) is 0 Å². The van der Waals surface area contributed by atoms with Crippen molar-refractivity contribution in [3.05, 3.63) is 83.7 Å². The molecule has 8 N–H and O–H groups in total. The fourth-order valence-electron chi connectivity index (χ4n) is 4.59. The van der Waals surface area contributed by atoms with Crippen molar-refractivity contribution in [3.8, 4) is 0 Å². The number of hydrogen-bond donors (Lipinski definition) is 6.